The fraction of sp³-hybridized carbons (Fsp3) is 0.889. The van der Waals surface area contributed by atoms with Crippen LogP contribution in [0.1, 0.15) is 20.8 Å². The molecule has 0 spiro atoms. The highest BCUT2D eigenvalue weighted by molar-refractivity contribution is 5.80. The third kappa shape index (κ3) is 1.78. The molecule has 1 aliphatic rings. The lowest BCUT2D eigenvalue weighted by atomic mass is 10.0. The van der Waals surface area contributed by atoms with Gasteiger partial charge in [-0.05, 0) is 20.8 Å². The highest BCUT2D eigenvalue weighted by Crippen LogP contribution is 2.10. The van der Waals surface area contributed by atoms with Gasteiger partial charge in [-0.25, -0.2) is 0 Å². The summed E-state index contributed by atoms with van der Waals surface area (Å²) < 4.78 is 0. The molecule has 1 amide bonds. The van der Waals surface area contributed by atoms with Crippen molar-refractivity contribution in [1.82, 2.24) is 10.2 Å². The smallest absolute Gasteiger partial charge is 0.228 e. The number of nitrogens with zero attached hydrogens (tertiary/aromatic N) is 1. The molecule has 70 valence electrons. The molecule has 1 aliphatic heterocycles. The summed E-state index contributed by atoms with van der Waals surface area (Å²) in [7, 11) is 0. The van der Waals surface area contributed by atoms with Crippen LogP contribution in [0.15, 0.2) is 0 Å². The Morgan fingerprint density at radius 2 is 2.17 bits per heavy atom. The van der Waals surface area contributed by atoms with Gasteiger partial charge in [0.25, 0.3) is 0 Å². The molecule has 0 aliphatic carbocycles. The second kappa shape index (κ2) is 3.90. The molecular formula is C9H18N2O. The van der Waals surface area contributed by atoms with Crippen LogP contribution in [0.2, 0.25) is 0 Å². The van der Waals surface area contributed by atoms with E-state index in [4.69, 9.17) is 0 Å². The van der Waals surface area contributed by atoms with Crippen molar-refractivity contribution >= 4 is 5.91 Å². The van der Waals surface area contributed by atoms with E-state index in [1.165, 1.54) is 0 Å². The topological polar surface area (TPSA) is 32.3 Å². The van der Waals surface area contributed by atoms with Crippen LogP contribution < -0.4 is 5.32 Å². The van der Waals surface area contributed by atoms with Crippen molar-refractivity contribution in [3.8, 4) is 0 Å². The molecule has 1 N–H and O–H groups in total. The zero-order valence-corrected chi connectivity index (χ0v) is 8.13. The third-order valence-corrected chi connectivity index (χ3v) is 2.38. The molecule has 3 nitrogen and oxygen atoms in total. The zero-order chi connectivity index (χ0) is 9.14. The van der Waals surface area contributed by atoms with E-state index in [0.717, 1.165) is 19.6 Å². The van der Waals surface area contributed by atoms with Crippen molar-refractivity contribution in [2.24, 2.45) is 5.92 Å². The van der Waals surface area contributed by atoms with E-state index in [-0.39, 0.29) is 5.92 Å². The van der Waals surface area contributed by atoms with Crippen molar-refractivity contribution in [2.45, 2.75) is 26.8 Å². The van der Waals surface area contributed by atoms with Crippen LogP contribution in [0.25, 0.3) is 0 Å². The summed E-state index contributed by atoms with van der Waals surface area (Å²) in [4.78, 5) is 13.6. The summed E-state index contributed by atoms with van der Waals surface area (Å²) in [5.74, 6) is 0.554. The van der Waals surface area contributed by atoms with E-state index in [2.05, 4.69) is 19.2 Å². The predicted octanol–water partition coefficient (Wildman–Crippen LogP) is 0.463. The van der Waals surface area contributed by atoms with E-state index in [0.29, 0.717) is 11.9 Å². The standard InChI is InChI=1S/C9H18N2O/c1-4-11(7(2)3)9(12)8-5-10-6-8/h7-8,10H,4-6H2,1-3H3. The average molecular weight is 170 g/mol. The van der Waals surface area contributed by atoms with Gasteiger partial charge < -0.3 is 10.2 Å². The van der Waals surface area contributed by atoms with Gasteiger partial charge in [0.15, 0.2) is 0 Å². The average Bonchev–Trinajstić information content (AvgIpc) is 1.83. The monoisotopic (exact) mass is 170 g/mol. The van der Waals surface area contributed by atoms with Crippen LogP contribution in [0.4, 0.5) is 0 Å². The van der Waals surface area contributed by atoms with E-state index >= 15 is 0 Å². The first-order valence-electron chi connectivity index (χ1n) is 4.68. The second-order valence-corrected chi connectivity index (χ2v) is 3.57. The SMILES string of the molecule is CCN(C(=O)C1CNC1)C(C)C. The Morgan fingerprint density at radius 3 is 2.42 bits per heavy atom. The summed E-state index contributed by atoms with van der Waals surface area (Å²) in [5.41, 5.74) is 0. The van der Waals surface area contributed by atoms with Gasteiger partial charge in [-0.2, -0.15) is 0 Å². The number of carbonyl (C=O) groups excluding carboxylic acids is 1. The normalized spacial score (nSPS) is 17.7. The Bertz CT molecular complexity index is 164. The van der Waals surface area contributed by atoms with Crippen molar-refractivity contribution in [3.05, 3.63) is 0 Å². The van der Waals surface area contributed by atoms with Gasteiger partial charge in [-0.3, -0.25) is 4.79 Å². The molecule has 0 aromatic carbocycles. The lowest BCUT2D eigenvalue weighted by Gasteiger charge is -2.34. The number of hydrogen-bond acceptors (Lipinski definition) is 2. The molecule has 0 aromatic heterocycles. The Hall–Kier alpha value is -0.570. The molecule has 1 saturated heterocycles. The maximum atomic E-state index is 11.7. The molecule has 12 heavy (non-hydrogen) atoms. The minimum atomic E-state index is 0.243. The predicted molar refractivity (Wildman–Crippen MR) is 48.9 cm³/mol. The Morgan fingerprint density at radius 1 is 1.58 bits per heavy atom. The number of carbonyl (C=O) groups is 1. The molecule has 0 saturated carbocycles. The molecule has 0 radical (unpaired) electrons. The summed E-state index contributed by atoms with van der Waals surface area (Å²) in [6, 6.07) is 0.336. The van der Waals surface area contributed by atoms with Gasteiger partial charge in [-0.15, -0.1) is 0 Å². The van der Waals surface area contributed by atoms with E-state index in [1.54, 1.807) is 0 Å². The molecule has 0 bridgehead atoms. The fourth-order valence-corrected chi connectivity index (χ4v) is 1.47. The summed E-state index contributed by atoms with van der Waals surface area (Å²) in [5, 5.41) is 3.11. The zero-order valence-electron chi connectivity index (χ0n) is 8.13. The summed E-state index contributed by atoms with van der Waals surface area (Å²) in [6.07, 6.45) is 0. The maximum Gasteiger partial charge on any atom is 0.228 e. The number of hydrogen-bond donors (Lipinski definition) is 1. The quantitative estimate of drug-likeness (QED) is 0.667. The van der Waals surface area contributed by atoms with E-state index < -0.39 is 0 Å². The Balaban J connectivity index is 2.46. The van der Waals surface area contributed by atoms with Crippen LogP contribution in [0.3, 0.4) is 0 Å². The third-order valence-electron chi connectivity index (χ3n) is 2.38. The molecule has 0 atom stereocenters. The van der Waals surface area contributed by atoms with Crippen LogP contribution in [0.5, 0.6) is 0 Å². The highest BCUT2D eigenvalue weighted by Gasteiger charge is 2.29. The molecule has 0 aromatic rings. The van der Waals surface area contributed by atoms with Crippen molar-refractivity contribution < 1.29 is 4.79 Å². The van der Waals surface area contributed by atoms with Gasteiger partial charge in [0.1, 0.15) is 0 Å². The van der Waals surface area contributed by atoms with E-state index in [9.17, 15) is 4.79 Å². The molecule has 0 unspecified atom stereocenters. The van der Waals surface area contributed by atoms with Crippen molar-refractivity contribution in [1.29, 1.82) is 0 Å². The molecule has 1 rings (SSSR count). The van der Waals surface area contributed by atoms with Crippen LogP contribution in [-0.4, -0.2) is 36.5 Å². The first-order chi connectivity index (χ1) is 5.66. The van der Waals surface area contributed by atoms with Gasteiger partial charge in [0.05, 0.1) is 5.92 Å². The van der Waals surface area contributed by atoms with Crippen molar-refractivity contribution in [3.63, 3.8) is 0 Å². The fourth-order valence-electron chi connectivity index (χ4n) is 1.47. The second-order valence-electron chi connectivity index (χ2n) is 3.57. The number of rotatable bonds is 3. The van der Waals surface area contributed by atoms with Crippen LogP contribution >= 0.6 is 0 Å². The van der Waals surface area contributed by atoms with Crippen molar-refractivity contribution in [2.75, 3.05) is 19.6 Å². The van der Waals surface area contributed by atoms with Gasteiger partial charge in [0, 0.05) is 25.7 Å². The largest absolute Gasteiger partial charge is 0.340 e. The van der Waals surface area contributed by atoms with Gasteiger partial charge in [0.2, 0.25) is 5.91 Å². The minimum absolute atomic E-state index is 0.243. The molecule has 1 fully saturated rings. The first-order valence-corrected chi connectivity index (χ1v) is 4.68. The lowest BCUT2D eigenvalue weighted by molar-refractivity contribution is -0.138. The van der Waals surface area contributed by atoms with Crippen LogP contribution in [-0.2, 0) is 4.79 Å². The van der Waals surface area contributed by atoms with Gasteiger partial charge in [-0.1, -0.05) is 0 Å². The lowest BCUT2D eigenvalue weighted by Crippen LogP contribution is -2.53. The molecule has 3 heteroatoms. The maximum absolute atomic E-state index is 11.7. The summed E-state index contributed by atoms with van der Waals surface area (Å²) in [6.45, 7) is 8.71. The van der Waals surface area contributed by atoms with Gasteiger partial charge >= 0.3 is 0 Å². The Kier molecular flexibility index (Phi) is 3.09. The Labute approximate surface area is 74.1 Å². The number of amides is 1. The number of nitrogens with one attached hydrogen (secondary N) is 1. The van der Waals surface area contributed by atoms with E-state index in [1.807, 2.05) is 11.8 Å². The highest BCUT2D eigenvalue weighted by atomic mass is 16.2. The summed E-state index contributed by atoms with van der Waals surface area (Å²) >= 11 is 0. The molecular weight excluding hydrogens is 152 g/mol. The minimum Gasteiger partial charge on any atom is -0.340 e. The van der Waals surface area contributed by atoms with Crippen LogP contribution in [0, 0.1) is 5.92 Å². The first kappa shape index (κ1) is 9.52. The molecule has 1 heterocycles.